The number of allylic oxidation sites excluding steroid dienone is 3. The number of hydrogen-bond acceptors (Lipinski definition) is 1. The van der Waals surface area contributed by atoms with Gasteiger partial charge in [0.1, 0.15) is 7.11 Å². The van der Waals surface area contributed by atoms with Crippen LogP contribution in [0, 0.1) is 7.11 Å². The van der Waals surface area contributed by atoms with Crippen molar-refractivity contribution in [2.24, 2.45) is 0 Å². The Hall–Kier alpha value is -0.720. The zero-order chi connectivity index (χ0) is 12.6. The lowest BCUT2D eigenvalue weighted by molar-refractivity contribution is 0.394. The van der Waals surface area contributed by atoms with Crippen LogP contribution >= 0.6 is 0 Å². The summed E-state index contributed by atoms with van der Waals surface area (Å²) in [6.07, 6.45) is 21.4. The van der Waals surface area contributed by atoms with E-state index in [1.54, 1.807) is 6.26 Å². The molecule has 0 aromatic carbocycles. The second kappa shape index (κ2) is 15.3. The smallest absolute Gasteiger partial charge is 0.121 e. The third kappa shape index (κ3) is 15.3. The van der Waals surface area contributed by atoms with Crippen molar-refractivity contribution >= 4 is 0 Å². The Kier molecular flexibility index (Phi) is 14.6. The van der Waals surface area contributed by atoms with E-state index >= 15 is 0 Å². The van der Waals surface area contributed by atoms with Gasteiger partial charge in [-0.3, -0.25) is 0 Å². The summed E-state index contributed by atoms with van der Waals surface area (Å²) >= 11 is 0. The summed E-state index contributed by atoms with van der Waals surface area (Å²) in [6, 6.07) is 0. The summed E-state index contributed by atoms with van der Waals surface area (Å²) in [7, 11) is 3.26. The van der Waals surface area contributed by atoms with Crippen molar-refractivity contribution in [1.82, 2.24) is 0 Å². The molecule has 0 unspecified atom stereocenters. The van der Waals surface area contributed by atoms with Crippen LogP contribution in [-0.2, 0) is 4.74 Å². The molecule has 99 valence electrons. The summed E-state index contributed by atoms with van der Waals surface area (Å²) in [4.78, 5) is 0. The van der Waals surface area contributed by atoms with Crippen LogP contribution in [0.25, 0.3) is 0 Å². The van der Waals surface area contributed by atoms with E-state index in [2.05, 4.69) is 24.8 Å². The Morgan fingerprint density at radius 1 is 0.824 bits per heavy atom. The topological polar surface area (TPSA) is 9.23 Å². The van der Waals surface area contributed by atoms with E-state index in [9.17, 15) is 0 Å². The van der Waals surface area contributed by atoms with Gasteiger partial charge in [-0.25, -0.2) is 0 Å². The molecule has 0 aromatic rings. The maximum absolute atomic E-state index is 4.56. The molecule has 1 nitrogen and oxygen atoms in total. The summed E-state index contributed by atoms with van der Waals surface area (Å²) in [5.74, 6) is 0. The summed E-state index contributed by atoms with van der Waals surface area (Å²) in [5, 5.41) is 0. The maximum atomic E-state index is 4.56. The third-order valence-corrected chi connectivity index (χ3v) is 2.90. The lowest BCUT2D eigenvalue weighted by atomic mass is 10.1. The molecule has 0 aliphatic carbocycles. The Morgan fingerprint density at radius 3 is 2.00 bits per heavy atom. The first-order valence-electron chi connectivity index (χ1n) is 7.14. The normalized spacial score (nSPS) is 11.6. The van der Waals surface area contributed by atoms with Gasteiger partial charge in [-0.15, -0.1) is 0 Å². The minimum Gasteiger partial charge on any atom is -0.498 e. The van der Waals surface area contributed by atoms with Crippen LogP contribution in [0.1, 0.15) is 71.1 Å². The second-order valence-electron chi connectivity index (χ2n) is 4.54. The number of unbranched alkanes of at least 4 members (excludes halogenated alkanes) is 9. The summed E-state index contributed by atoms with van der Waals surface area (Å²) < 4.78 is 4.56. The van der Waals surface area contributed by atoms with Crippen molar-refractivity contribution in [1.29, 1.82) is 0 Å². The van der Waals surface area contributed by atoms with E-state index in [1.165, 1.54) is 64.2 Å². The standard InChI is InChI=1S/C16H29O/c1-3-4-5-6-7-8-9-10-11-12-13-14-15-16-17-2/h13-16H,2-12H2,1H3. The van der Waals surface area contributed by atoms with Gasteiger partial charge < -0.3 is 4.74 Å². The monoisotopic (exact) mass is 237 g/mol. The lowest BCUT2D eigenvalue weighted by Gasteiger charge is -2.00. The number of rotatable bonds is 12. The first-order chi connectivity index (χ1) is 8.41. The van der Waals surface area contributed by atoms with E-state index in [4.69, 9.17) is 0 Å². The molecule has 0 bridgehead atoms. The predicted molar refractivity (Wildman–Crippen MR) is 76.6 cm³/mol. The van der Waals surface area contributed by atoms with Crippen LogP contribution in [0.2, 0.25) is 0 Å². The third-order valence-electron chi connectivity index (χ3n) is 2.90. The van der Waals surface area contributed by atoms with Crippen molar-refractivity contribution in [3.63, 3.8) is 0 Å². The van der Waals surface area contributed by atoms with Gasteiger partial charge in [-0.1, -0.05) is 70.4 Å². The Labute approximate surface area is 108 Å². The lowest BCUT2D eigenvalue weighted by Crippen LogP contribution is -1.80. The van der Waals surface area contributed by atoms with Gasteiger partial charge in [-0.2, -0.15) is 0 Å². The molecule has 0 aliphatic heterocycles. The molecule has 0 amide bonds. The predicted octanol–water partition coefficient (Wildman–Crippen LogP) is 5.79. The zero-order valence-corrected chi connectivity index (χ0v) is 11.5. The molecule has 1 radical (unpaired) electrons. The minimum atomic E-state index is 1.18. The maximum Gasteiger partial charge on any atom is 0.121 e. The molecule has 0 atom stereocenters. The highest BCUT2D eigenvalue weighted by Crippen LogP contribution is 2.10. The molecular weight excluding hydrogens is 208 g/mol. The first-order valence-corrected chi connectivity index (χ1v) is 7.14. The molecule has 0 aliphatic rings. The van der Waals surface area contributed by atoms with Crippen molar-refractivity contribution < 1.29 is 4.74 Å². The van der Waals surface area contributed by atoms with Crippen molar-refractivity contribution in [3.8, 4) is 0 Å². The van der Waals surface area contributed by atoms with Gasteiger partial charge in [0.2, 0.25) is 0 Å². The largest absolute Gasteiger partial charge is 0.498 e. The Morgan fingerprint density at radius 2 is 1.41 bits per heavy atom. The molecule has 17 heavy (non-hydrogen) atoms. The molecule has 0 spiro atoms. The van der Waals surface area contributed by atoms with E-state index in [0.717, 1.165) is 0 Å². The summed E-state index contributed by atoms with van der Waals surface area (Å²) in [5.41, 5.74) is 0. The molecule has 0 saturated heterocycles. The van der Waals surface area contributed by atoms with Crippen LogP contribution in [0.4, 0.5) is 0 Å². The van der Waals surface area contributed by atoms with Crippen LogP contribution in [0.15, 0.2) is 24.5 Å². The molecule has 0 heterocycles. The van der Waals surface area contributed by atoms with E-state index in [-0.39, 0.29) is 0 Å². The van der Waals surface area contributed by atoms with E-state index < -0.39 is 0 Å². The highest BCUT2D eigenvalue weighted by Gasteiger charge is 1.90. The fraction of sp³-hybridized carbons (Fsp3) is 0.688. The number of ether oxygens (including phenoxy) is 1. The average Bonchev–Trinajstić information content (AvgIpc) is 2.35. The van der Waals surface area contributed by atoms with Gasteiger partial charge in [-0.05, 0) is 18.9 Å². The van der Waals surface area contributed by atoms with Gasteiger partial charge in [0, 0.05) is 0 Å². The van der Waals surface area contributed by atoms with E-state index in [1.807, 2.05) is 12.2 Å². The van der Waals surface area contributed by atoms with Crippen molar-refractivity contribution in [2.45, 2.75) is 71.1 Å². The Balaban J connectivity index is 3.03. The van der Waals surface area contributed by atoms with Gasteiger partial charge >= 0.3 is 0 Å². The molecule has 1 heteroatoms. The minimum absolute atomic E-state index is 1.18. The SMILES string of the molecule is [CH2]OC=CC=CCCCCCCCCCCC. The van der Waals surface area contributed by atoms with Gasteiger partial charge in [0.15, 0.2) is 0 Å². The Bertz CT molecular complexity index is 182. The van der Waals surface area contributed by atoms with Gasteiger partial charge in [0.05, 0.1) is 6.26 Å². The van der Waals surface area contributed by atoms with Crippen molar-refractivity contribution in [3.05, 3.63) is 31.6 Å². The molecule has 0 N–H and O–H groups in total. The highest BCUT2D eigenvalue weighted by atomic mass is 16.5. The summed E-state index contributed by atoms with van der Waals surface area (Å²) in [6.45, 7) is 2.27. The highest BCUT2D eigenvalue weighted by molar-refractivity contribution is 4.99. The molecule has 0 rings (SSSR count). The second-order valence-corrected chi connectivity index (χ2v) is 4.54. The molecule has 0 aromatic heterocycles. The molecular formula is C16H29O. The van der Waals surface area contributed by atoms with Gasteiger partial charge in [0.25, 0.3) is 0 Å². The fourth-order valence-corrected chi connectivity index (χ4v) is 1.85. The zero-order valence-electron chi connectivity index (χ0n) is 11.5. The van der Waals surface area contributed by atoms with Crippen LogP contribution in [0.3, 0.4) is 0 Å². The average molecular weight is 237 g/mol. The van der Waals surface area contributed by atoms with Crippen LogP contribution in [-0.4, -0.2) is 0 Å². The quantitative estimate of drug-likeness (QED) is 0.237. The van der Waals surface area contributed by atoms with Crippen molar-refractivity contribution in [2.75, 3.05) is 0 Å². The first kappa shape index (κ1) is 16.3. The van der Waals surface area contributed by atoms with Crippen LogP contribution < -0.4 is 0 Å². The molecule has 0 fully saturated rings. The number of hydrogen-bond donors (Lipinski definition) is 0. The van der Waals surface area contributed by atoms with Crippen LogP contribution in [0.5, 0.6) is 0 Å². The fourth-order valence-electron chi connectivity index (χ4n) is 1.85. The molecule has 0 saturated carbocycles. The van der Waals surface area contributed by atoms with E-state index in [0.29, 0.717) is 0 Å².